The van der Waals surface area contributed by atoms with Crippen LogP contribution in [0.15, 0.2) is 82.1 Å². The maximum absolute atomic E-state index is 12.7. The van der Waals surface area contributed by atoms with E-state index in [-0.39, 0.29) is 10.6 Å². The first-order chi connectivity index (χ1) is 13.1. The molecule has 6 nitrogen and oxygen atoms in total. The third-order valence-electron chi connectivity index (χ3n) is 4.02. The van der Waals surface area contributed by atoms with Crippen LogP contribution in [-0.2, 0) is 10.0 Å². The minimum atomic E-state index is -3.80. The molecule has 0 aliphatic rings. The van der Waals surface area contributed by atoms with Crippen LogP contribution in [0.1, 0.15) is 0 Å². The predicted octanol–water partition coefficient (Wildman–Crippen LogP) is 4.30. The maximum Gasteiger partial charge on any atom is 0.265 e. The van der Waals surface area contributed by atoms with E-state index in [1.165, 1.54) is 13.2 Å². The molecule has 27 heavy (non-hydrogen) atoms. The number of anilines is 1. The molecule has 1 aromatic heterocycles. The Kier molecular flexibility index (Phi) is 4.29. The van der Waals surface area contributed by atoms with E-state index in [4.69, 9.17) is 9.15 Å². The van der Waals surface area contributed by atoms with Gasteiger partial charge in [0.25, 0.3) is 10.0 Å². The molecule has 4 rings (SSSR count). The summed E-state index contributed by atoms with van der Waals surface area (Å²) >= 11 is 0. The van der Waals surface area contributed by atoms with Gasteiger partial charge in [-0.25, -0.2) is 13.4 Å². The number of oxazole rings is 1. The van der Waals surface area contributed by atoms with Crippen LogP contribution in [0.25, 0.3) is 22.6 Å². The molecule has 0 amide bonds. The van der Waals surface area contributed by atoms with Gasteiger partial charge in [-0.1, -0.05) is 30.3 Å². The van der Waals surface area contributed by atoms with Gasteiger partial charge in [-0.3, -0.25) is 4.72 Å². The van der Waals surface area contributed by atoms with Crippen LogP contribution in [0, 0.1) is 0 Å². The van der Waals surface area contributed by atoms with Crippen LogP contribution in [-0.4, -0.2) is 20.5 Å². The van der Waals surface area contributed by atoms with Crippen LogP contribution in [0.3, 0.4) is 0 Å². The van der Waals surface area contributed by atoms with Crippen molar-refractivity contribution in [1.82, 2.24) is 4.98 Å². The van der Waals surface area contributed by atoms with Crippen LogP contribution in [0.5, 0.6) is 5.75 Å². The van der Waals surface area contributed by atoms with Gasteiger partial charge >= 0.3 is 0 Å². The number of ether oxygens (including phenoxy) is 1. The number of hydrogen-bond donors (Lipinski definition) is 1. The lowest BCUT2D eigenvalue weighted by molar-refractivity contribution is 0.403. The molecule has 0 spiro atoms. The average Bonchev–Trinajstić information content (AvgIpc) is 3.12. The van der Waals surface area contributed by atoms with E-state index < -0.39 is 10.0 Å². The SMILES string of the molecule is COc1ccccc1S(=O)(=O)Nc1ccc2oc(-c3ccccc3)nc2c1. The summed E-state index contributed by atoms with van der Waals surface area (Å²) in [5, 5.41) is 0. The number of sulfonamides is 1. The van der Waals surface area contributed by atoms with Gasteiger partial charge in [-0.05, 0) is 42.5 Å². The van der Waals surface area contributed by atoms with E-state index >= 15 is 0 Å². The molecule has 0 aliphatic carbocycles. The molecule has 136 valence electrons. The van der Waals surface area contributed by atoms with Gasteiger partial charge in [0.15, 0.2) is 5.58 Å². The number of hydrogen-bond acceptors (Lipinski definition) is 5. The van der Waals surface area contributed by atoms with E-state index in [1.807, 2.05) is 30.3 Å². The van der Waals surface area contributed by atoms with E-state index in [0.29, 0.717) is 22.7 Å². The highest BCUT2D eigenvalue weighted by Gasteiger charge is 2.19. The highest BCUT2D eigenvalue weighted by Crippen LogP contribution is 2.29. The van der Waals surface area contributed by atoms with Gasteiger partial charge in [-0.15, -0.1) is 0 Å². The molecule has 4 aromatic rings. The van der Waals surface area contributed by atoms with Gasteiger partial charge in [-0.2, -0.15) is 0 Å². The molecule has 7 heteroatoms. The number of rotatable bonds is 5. The summed E-state index contributed by atoms with van der Waals surface area (Å²) in [6.45, 7) is 0. The molecular formula is C20H16N2O4S. The second kappa shape index (κ2) is 6.77. The van der Waals surface area contributed by atoms with E-state index in [2.05, 4.69) is 9.71 Å². The van der Waals surface area contributed by atoms with Crippen molar-refractivity contribution in [2.75, 3.05) is 11.8 Å². The van der Waals surface area contributed by atoms with Crippen molar-refractivity contribution in [3.63, 3.8) is 0 Å². The lowest BCUT2D eigenvalue weighted by atomic mass is 10.2. The van der Waals surface area contributed by atoms with Gasteiger partial charge < -0.3 is 9.15 Å². The number of aromatic nitrogens is 1. The fourth-order valence-electron chi connectivity index (χ4n) is 2.75. The first-order valence-electron chi connectivity index (χ1n) is 8.19. The molecule has 0 unspecified atom stereocenters. The summed E-state index contributed by atoms with van der Waals surface area (Å²) in [6, 6.07) is 20.9. The summed E-state index contributed by atoms with van der Waals surface area (Å²) in [5.74, 6) is 0.759. The Bertz CT molecular complexity index is 1200. The normalized spacial score (nSPS) is 11.4. The van der Waals surface area contributed by atoms with Crippen molar-refractivity contribution in [3.05, 3.63) is 72.8 Å². The third-order valence-corrected chi connectivity index (χ3v) is 5.44. The molecule has 0 bridgehead atoms. The first-order valence-corrected chi connectivity index (χ1v) is 9.67. The molecule has 0 radical (unpaired) electrons. The highest BCUT2D eigenvalue weighted by molar-refractivity contribution is 7.92. The predicted molar refractivity (Wildman–Crippen MR) is 103 cm³/mol. The zero-order valence-corrected chi connectivity index (χ0v) is 15.2. The summed E-state index contributed by atoms with van der Waals surface area (Å²) in [6.07, 6.45) is 0. The van der Waals surface area contributed by atoms with Gasteiger partial charge in [0, 0.05) is 5.56 Å². The van der Waals surface area contributed by atoms with Crippen molar-refractivity contribution in [2.45, 2.75) is 4.90 Å². The Hall–Kier alpha value is -3.32. The van der Waals surface area contributed by atoms with Crippen LogP contribution in [0.4, 0.5) is 5.69 Å². The molecule has 0 aliphatic heterocycles. The van der Waals surface area contributed by atoms with Crippen molar-refractivity contribution >= 4 is 26.8 Å². The number of benzene rings is 3. The number of nitrogens with zero attached hydrogens (tertiary/aromatic N) is 1. The number of fused-ring (bicyclic) bond motifs is 1. The number of para-hydroxylation sites is 1. The monoisotopic (exact) mass is 380 g/mol. The number of nitrogens with one attached hydrogen (secondary N) is 1. The molecular weight excluding hydrogens is 364 g/mol. The molecule has 1 heterocycles. The van der Waals surface area contributed by atoms with Gasteiger partial charge in [0.1, 0.15) is 16.2 Å². The van der Waals surface area contributed by atoms with Crippen LogP contribution < -0.4 is 9.46 Å². The Morgan fingerprint density at radius 1 is 0.963 bits per heavy atom. The van der Waals surface area contributed by atoms with Gasteiger partial charge in [0.2, 0.25) is 5.89 Å². The van der Waals surface area contributed by atoms with E-state index in [1.54, 1.807) is 36.4 Å². The first kappa shape index (κ1) is 17.1. The molecule has 1 N–H and O–H groups in total. The van der Waals surface area contributed by atoms with Crippen molar-refractivity contribution in [2.24, 2.45) is 0 Å². The van der Waals surface area contributed by atoms with E-state index in [9.17, 15) is 8.42 Å². The smallest absolute Gasteiger partial charge is 0.265 e. The van der Waals surface area contributed by atoms with E-state index in [0.717, 1.165) is 5.56 Å². The van der Waals surface area contributed by atoms with Crippen LogP contribution in [0.2, 0.25) is 0 Å². The summed E-state index contributed by atoms with van der Waals surface area (Å²) in [7, 11) is -2.37. The highest BCUT2D eigenvalue weighted by atomic mass is 32.2. The second-order valence-electron chi connectivity index (χ2n) is 5.82. The van der Waals surface area contributed by atoms with Crippen molar-refractivity contribution in [3.8, 4) is 17.2 Å². The zero-order valence-electron chi connectivity index (χ0n) is 14.4. The average molecular weight is 380 g/mol. The molecule has 0 atom stereocenters. The Morgan fingerprint density at radius 2 is 1.70 bits per heavy atom. The van der Waals surface area contributed by atoms with Crippen molar-refractivity contribution < 1.29 is 17.6 Å². The Morgan fingerprint density at radius 3 is 2.48 bits per heavy atom. The quantitative estimate of drug-likeness (QED) is 0.558. The topological polar surface area (TPSA) is 81.4 Å². The standard InChI is InChI=1S/C20H16N2O4S/c1-25-18-9-5-6-10-19(18)27(23,24)22-15-11-12-17-16(13-15)21-20(26-17)14-7-3-2-4-8-14/h2-13,22H,1H3. The molecule has 0 fully saturated rings. The maximum atomic E-state index is 12.7. The van der Waals surface area contributed by atoms with Gasteiger partial charge in [0.05, 0.1) is 12.8 Å². The van der Waals surface area contributed by atoms with Crippen molar-refractivity contribution in [1.29, 1.82) is 0 Å². The summed E-state index contributed by atoms with van der Waals surface area (Å²) in [5.41, 5.74) is 2.38. The third kappa shape index (κ3) is 3.37. The minimum Gasteiger partial charge on any atom is -0.495 e. The number of methoxy groups -OCH3 is 1. The molecule has 3 aromatic carbocycles. The lowest BCUT2D eigenvalue weighted by Gasteiger charge is -2.11. The fourth-order valence-corrected chi connectivity index (χ4v) is 3.97. The largest absolute Gasteiger partial charge is 0.495 e. The molecule has 0 saturated heterocycles. The zero-order chi connectivity index (χ0) is 18.9. The Balaban J connectivity index is 1.68. The fraction of sp³-hybridized carbons (Fsp3) is 0.0500. The lowest BCUT2D eigenvalue weighted by Crippen LogP contribution is -2.13. The second-order valence-corrected chi connectivity index (χ2v) is 7.47. The minimum absolute atomic E-state index is 0.0673. The summed E-state index contributed by atoms with van der Waals surface area (Å²) < 4.78 is 38.9. The molecule has 0 saturated carbocycles. The summed E-state index contributed by atoms with van der Waals surface area (Å²) in [4.78, 5) is 4.52. The van der Waals surface area contributed by atoms with Crippen LogP contribution >= 0.6 is 0 Å². The Labute approximate surface area is 156 Å².